The van der Waals surface area contributed by atoms with E-state index in [1.165, 1.54) is 35.3 Å². The highest BCUT2D eigenvalue weighted by Crippen LogP contribution is 2.22. The molecule has 0 aliphatic carbocycles. The van der Waals surface area contributed by atoms with Gasteiger partial charge >= 0.3 is 5.69 Å². The first-order valence-electron chi connectivity index (χ1n) is 5.12. The van der Waals surface area contributed by atoms with E-state index in [0.29, 0.717) is 0 Å². The molecule has 0 atom stereocenters. The minimum absolute atomic E-state index is 0.153. The average molecular weight is 342 g/mol. The molecule has 0 fully saturated rings. The second-order valence-corrected chi connectivity index (χ2v) is 5.52. The minimum atomic E-state index is -0.615. The summed E-state index contributed by atoms with van der Waals surface area (Å²) < 4.78 is 2.18. The monoisotopic (exact) mass is 341 g/mol. The third kappa shape index (κ3) is 3.15. The summed E-state index contributed by atoms with van der Waals surface area (Å²) >= 11 is 4.76. The van der Waals surface area contributed by atoms with Crippen LogP contribution in [-0.4, -0.2) is 20.5 Å². The van der Waals surface area contributed by atoms with Crippen LogP contribution in [-0.2, 0) is 7.05 Å². The molecule has 0 aromatic carbocycles. The molecule has 2 rings (SSSR count). The summed E-state index contributed by atoms with van der Waals surface area (Å²) in [5.74, 6) is -0.489. The van der Waals surface area contributed by atoms with Crippen LogP contribution in [0.5, 0.6) is 0 Å². The lowest BCUT2D eigenvalue weighted by atomic mass is 10.2. The van der Waals surface area contributed by atoms with E-state index in [0.717, 1.165) is 9.35 Å². The highest BCUT2D eigenvalue weighted by Gasteiger charge is 2.22. The van der Waals surface area contributed by atoms with Crippen LogP contribution in [0.3, 0.4) is 0 Å². The van der Waals surface area contributed by atoms with E-state index in [-0.39, 0.29) is 11.4 Å². The van der Waals surface area contributed by atoms with Crippen molar-refractivity contribution in [2.75, 3.05) is 0 Å². The molecule has 0 aliphatic heterocycles. The SMILES string of the molecule is Cn1cc([N+](=O)[O-])c(C(=O)/C=C/c2cc(Br)cs2)n1. The molecule has 0 amide bonds. The number of carbonyl (C=O) groups is 1. The zero-order valence-corrected chi connectivity index (χ0v) is 12.1. The second kappa shape index (κ2) is 5.45. The molecule has 2 aromatic rings. The second-order valence-electron chi connectivity index (χ2n) is 3.66. The summed E-state index contributed by atoms with van der Waals surface area (Å²) in [5.41, 5.74) is -0.441. The molecular formula is C11H8BrN3O3S. The molecule has 0 radical (unpaired) electrons. The van der Waals surface area contributed by atoms with Gasteiger partial charge in [-0.25, -0.2) is 0 Å². The van der Waals surface area contributed by atoms with Crippen molar-refractivity contribution in [3.05, 3.63) is 48.9 Å². The van der Waals surface area contributed by atoms with E-state index in [1.54, 1.807) is 6.08 Å². The van der Waals surface area contributed by atoms with Crippen LogP contribution in [0.15, 0.2) is 28.2 Å². The molecule has 19 heavy (non-hydrogen) atoms. The number of nitro groups is 1. The Bertz CT molecular complexity index is 675. The maximum atomic E-state index is 11.9. The van der Waals surface area contributed by atoms with Crippen molar-refractivity contribution < 1.29 is 9.72 Å². The van der Waals surface area contributed by atoms with Crippen LogP contribution in [0, 0.1) is 10.1 Å². The Hall–Kier alpha value is -1.80. The quantitative estimate of drug-likeness (QED) is 0.370. The number of allylic oxidation sites excluding steroid dienone is 1. The highest BCUT2D eigenvalue weighted by molar-refractivity contribution is 9.10. The molecule has 6 nitrogen and oxygen atoms in total. The lowest BCUT2D eigenvalue weighted by Gasteiger charge is -1.89. The first-order chi connectivity index (χ1) is 8.97. The summed E-state index contributed by atoms with van der Waals surface area (Å²) in [6.07, 6.45) is 4.10. The maximum absolute atomic E-state index is 11.9. The Morgan fingerprint density at radius 3 is 2.95 bits per heavy atom. The zero-order valence-electron chi connectivity index (χ0n) is 9.74. The predicted molar refractivity (Wildman–Crippen MR) is 75.2 cm³/mol. The number of thiophene rings is 1. The molecule has 0 saturated carbocycles. The van der Waals surface area contributed by atoms with Gasteiger partial charge < -0.3 is 0 Å². The highest BCUT2D eigenvalue weighted by atomic mass is 79.9. The van der Waals surface area contributed by atoms with Crippen molar-refractivity contribution in [3.8, 4) is 0 Å². The zero-order chi connectivity index (χ0) is 14.0. The van der Waals surface area contributed by atoms with Crippen LogP contribution < -0.4 is 0 Å². The summed E-state index contributed by atoms with van der Waals surface area (Å²) in [7, 11) is 1.53. The van der Waals surface area contributed by atoms with Crippen molar-refractivity contribution in [2.45, 2.75) is 0 Å². The Labute approximate surface area is 120 Å². The molecule has 0 unspecified atom stereocenters. The number of aryl methyl sites for hydroxylation is 1. The van der Waals surface area contributed by atoms with E-state index < -0.39 is 10.7 Å². The van der Waals surface area contributed by atoms with Crippen LogP contribution in [0.25, 0.3) is 6.08 Å². The fourth-order valence-electron chi connectivity index (χ4n) is 1.44. The first-order valence-corrected chi connectivity index (χ1v) is 6.79. The molecule has 2 heterocycles. The summed E-state index contributed by atoms with van der Waals surface area (Å²) in [6.45, 7) is 0. The van der Waals surface area contributed by atoms with Crippen molar-refractivity contribution in [2.24, 2.45) is 7.05 Å². The van der Waals surface area contributed by atoms with Crippen LogP contribution in [0.1, 0.15) is 15.4 Å². The van der Waals surface area contributed by atoms with Crippen molar-refractivity contribution in [3.63, 3.8) is 0 Å². The number of halogens is 1. The minimum Gasteiger partial charge on any atom is -0.287 e. The van der Waals surface area contributed by atoms with Crippen LogP contribution in [0.4, 0.5) is 5.69 Å². The summed E-state index contributed by atoms with van der Waals surface area (Å²) in [5, 5.41) is 16.5. The first kappa shape index (κ1) is 13.6. The summed E-state index contributed by atoms with van der Waals surface area (Å²) in [4.78, 5) is 22.9. The summed E-state index contributed by atoms with van der Waals surface area (Å²) in [6, 6.07) is 1.85. The lowest BCUT2D eigenvalue weighted by Crippen LogP contribution is -2.00. The number of rotatable bonds is 4. The van der Waals surface area contributed by atoms with E-state index in [9.17, 15) is 14.9 Å². The average Bonchev–Trinajstić information content (AvgIpc) is 2.92. The van der Waals surface area contributed by atoms with Gasteiger partial charge in [0.15, 0.2) is 0 Å². The van der Waals surface area contributed by atoms with Crippen LogP contribution in [0.2, 0.25) is 0 Å². The van der Waals surface area contributed by atoms with Gasteiger partial charge in [0.2, 0.25) is 11.5 Å². The predicted octanol–water partition coefficient (Wildman–Crippen LogP) is 3.05. The van der Waals surface area contributed by atoms with Crippen molar-refractivity contribution in [1.82, 2.24) is 9.78 Å². The molecule has 0 saturated heterocycles. The number of carbonyl (C=O) groups excluding carboxylic acids is 1. The van der Waals surface area contributed by atoms with Gasteiger partial charge in [0.1, 0.15) is 6.20 Å². The fraction of sp³-hybridized carbons (Fsp3) is 0.0909. The Kier molecular flexibility index (Phi) is 3.91. The number of hydrogen-bond donors (Lipinski definition) is 0. The third-order valence-electron chi connectivity index (χ3n) is 2.23. The standard InChI is InChI=1S/C11H8BrN3O3S/c1-14-5-9(15(17)18)11(13-14)10(16)3-2-8-4-7(12)6-19-8/h2-6H,1H3/b3-2+. The Morgan fingerprint density at radius 1 is 1.63 bits per heavy atom. The van der Waals surface area contributed by atoms with Gasteiger partial charge in [-0.1, -0.05) is 0 Å². The number of aromatic nitrogens is 2. The molecule has 98 valence electrons. The number of hydrogen-bond acceptors (Lipinski definition) is 5. The molecule has 0 aliphatic rings. The Morgan fingerprint density at radius 2 is 2.37 bits per heavy atom. The van der Waals surface area contributed by atoms with Gasteiger partial charge in [-0.3, -0.25) is 19.6 Å². The number of ketones is 1. The van der Waals surface area contributed by atoms with Gasteiger partial charge in [-0.05, 0) is 34.1 Å². The van der Waals surface area contributed by atoms with E-state index in [2.05, 4.69) is 21.0 Å². The molecule has 2 aromatic heterocycles. The van der Waals surface area contributed by atoms with Gasteiger partial charge in [-0.2, -0.15) is 5.10 Å². The molecule has 8 heteroatoms. The fourth-order valence-corrected chi connectivity index (χ4v) is 2.77. The third-order valence-corrected chi connectivity index (χ3v) is 3.89. The van der Waals surface area contributed by atoms with Gasteiger partial charge in [-0.15, -0.1) is 11.3 Å². The van der Waals surface area contributed by atoms with Crippen molar-refractivity contribution in [1.29, 1.82) is 0 Å². The van der Waals surface area contributed by atoms with Gasteiger partial charge in [0, 0.05) is 21.8 Å². The van der Waals surface area contributed by atoms with E-state index >= 15 is 0 Å². The van der Waals surface area contributed by atoms with Crippen LogP contribution >= 0.6 is 27.3 Å². The molecule has 0 bridgehead atoms. The van der Waals surface area contributed by atoms with E-state index in [1.807, 2.05) is 11.4 Å². The molecular weight excluding hydrogens is 334 g/mol. The van der Waals surface area contributed by atoms with Crippen molar-refractivity contribution >= 4 is 44.8 Å². The van der Waals surface area contributed by atoms with Gasteiger partial charge in [0.25, 0.3) is 0 Å². The topological polar surface area (TPSA) is 78.0 Å². The lowest BCUT2D eigenvalue weighted by molar-refractivity contribution is -0.385. The largest absolute Gasteiger partial charge is 0.318 e. The number of nitrogens with zero attached hydrogens (tertiary/aromatic N) is 3. The molecule has 0 spiro atoms. The maximum Gasteiger partial charge on any atom is 0.318 e. The van der Waals surface area contributed by atoms with E-state index in [4.69, 9.17) is 0 Å². The Balaban J connectivity index is 2.25. The smallest absolute Gasteiger partial charge is 0.287 e. The van der Waals surface area contributed by atoms with Gasteiger partial charge in [0.05, 0.1) is 4.92 Å². The normalized spacial score (nSPS) is 11.1. The molecule has 0 N–H and O–H groups in total.